The monoisotopic (exact) mass is 326 g/mol. The van der Waals surface area contributed by atoms with E-state index < -0.39 is 9.84 Å². The van der Waals surface area contributed by atoms with Gasteiger partial charge in [0, 0.05) is 10.9 Å². The summed E-state index contributed by atoms with van der Waals surface area (Å²) in [6.45, 7) is 0.251. The summed E-state index contributed by atoms with van der Waals surface area (Å²) in [5.41, 5.74) is 6.65. The molecule has 0 saturated heterocycles. The van der Waals surface area contributed by atoms with Crippen LogP contribution in [-0.2, 0) is 16.4 Å². The highest BCUT2D eigenvalue weighted by molar-refractivity contribution is 7.91. The van der Waals surface area contributed by atoms with Gasteiger partial charge in [-0.25, -0.2) is 13.1 Å². The Morgan fingerprint density at radius 1 is 1.29 bits per heavy atom. The van der Waals surface area contributed by atoms with Gasteiger partial charge >= 0.3 is 0 Å². The fraction of sp³-hybridized carbons (Fsp3) is 0.385. The molecular formula is C13H15ClN4O2S. The third-order valence-corrected chi connectivity index (χ3v) is 5.47. The van der Waals surface area contributed by atoms with E-state index in [9.17, 15) is 8.42 Å². The lowest BCUT2D eigenvalue weighted by Gasteiger charge is -2.07. The summed E-state index contributed by atoms with van der Waals surface area (Å²) >= 11 is 5.77. The van der Waals surface area contributed by atoms with Crippen LogP contribution in [-0.4, -0.2) is 29.2 Å². The fourth-order valence-electron chi connectivity index (χ4n) is 2.24. The summed E-state index contributed by atoms with van der Waals surface area (Å²) in [5, 5.41) is 8.29. The zero-order valence-electron chi connectivity index (χ0n) is 11.2. The molecule has 0 atom stereocenters. The topological polar surface area (TPSA) is 90.9 Å². The Hall–Kier alpha value is -1.60. The molecule has 1 fully saturated rings. The summed E-state index contributed by atoms with van der Waals surface area (Å²) in [6, 6.07) is 6.15. The molecule has 3 rings (SSSR count). The first-order valence-electron chi connectivity index (χ1n) is 6.64. The molecule has 1 aliphatic carbocycles. The molecule has 1 aliphatic rings. The zero-order chi connectivity index (χ0) is 15.0. The van der Waals surface area contributed by atoms with Crippen molar-refractivity contribution in [2.45, 2.75) is 30.2 Å². The first-order chi connectivity index (χ1) is 9.97. The SMILES string of the molecule is Nc1nnn(CCS(=O)(=O)c2ccc(Cl)cc2)c1C1CC1. The molecular weight excluding hydrogens is 312 g/mol. The predicted molar refractivity (Wildman–Crippen MR) is 79.9 cm³/mol. The van der Waals surface area contributed by atoms with E-state index in [1.165, 1.54) is 12.1 Å². The number of anilines is 1. The smallest absolute Gasteiger partial charge is 0.180 e. The summed E-state index contributed by atoms with van der Waals surface area (Å²) in [7, 11) is -3.38. The summed E-state index contributed by atoms with van der Waals surface area (Å²) in [5.74, 6) is 0.733. The molecule has 0 unspecified atom stereocenters. The molecule has 21 heavy (non-hydrogen) atoms. The van der Waals surface area contributed by atoms with E-state index in [-0.39, 0.29) is 17.2 Å². The van der Waals surface area contributed by atoms with Gasteiger partial charge in [0.25, 0.3) is 0 Å². The normalized spacial score (nSPS) is 15.3. The first kappa shape index (κ1) is 14.3. The van der Waals surface area contributed by atoms with Crippen LogP contribution in [0.5, 0.6) is 0 Å². The molecule has 2 aromatic rings. The van der Waals surface area contributed by atoms with Gasteiger partial charge in [0.15, 0.2) is 15.7 Å². The summed E-state index contributed by atoms with van der Waals surface area (Å²) < 4.78 is 26.2. The lowest BCUT2D eigenvalue weighted by Crippen LogP contribution is -2.16. The maximum atomic E-state index is 12.3. The Morgan fingerprint density at radius 3 is 2.57 bits per heavy atom. The Kier molecular flexibility index (Phi) is 3.62. The number of nitrogens with two attached hydrogens (primary N) is 1. The third-order valence-electron chi connectivity index (χ3n) is 3.51. The molecule has 0 aliphatic heterocycles. The highest BCUT2D eigenvalue weighted by Crippen LogP contribution is 2.41. The molecule has 6 nitrogen and oxygen atoms in total. The summed E-state index contributed by atoms with van der Waals surface area (Å²) in [6.07, 6.45) is 2.11. The minimum absolute atomic E-state index is 0.0445. The Balaban J connectivity index is 1.76. The lowest BCUT2D eigenvalue weighted by molar-refractivity contribution is 0.565. The lowest BCUT2D eigenvalue weighted by atomic mass is 10.3. The number of nitrogens with zero attached hydrogens (tertiary/aromatic N) is 3. The number of rotatable bonds is 5. The fourth-order valence-corrected chi connectivity index (χ4v) is 3.57. The highest BCUT2D eigenvalue weighted by Gasteiger charge is 2.31. The van der Waals surface area contributed by atoms with Crippen LogP contribution in [0.1, 0.15) is 24.5 Å². The van der Waals surface area contributed by atoms with Crippen LogP contribution < -0.4 is 5.73 Å². The molecule has 0 spiro atoms. The maximum Gasteiger partial charge on any atom is 0.180 e. The third kappa shape index (κ3) is 3.03. The van der Waals surface area contributed by atoms with Crippen molar-refractivity contribution in [3.05, 3.63) is 35.0 Å². The van der Waals surface area contributed by atoms with Gasteiger partial charge in [0.2, 0.25) is 0 Å². The molecule has 8 heteroatoms. The second-order valence-electron chi connectivity index (χ2n) is 5.13. The molecule has 0 bridgehead atoms. The first-order valence-corrected chi connectivity index (χ1v) is 8.67. The van der Waals surface area contributed by atoms with Crippen LogP contribution in [0, 0.1) is 0 Å². The van der Waals surface area contributed by atoms with Crippen molar-refractivity contribution < 1.29 is 8.42 Å². The van der Waals surface area contributed by atoms with E-state index >= 15 is 0 Å². The number of aryl methyl sites for hydroxylation is 1. The largest absolute Gasteiger partial charge is 0.381 e. The Bertz CT molecular complexity index is 751. The second-order valence-corrected chi connectivity index (χ2v) is 7.68. The predicted octanol–water partition coefficient (Wildman–Crippen LogP) is 1.86. The van der Waals surface area contributed by atoms with Crippen LogP contribution in [0.2, 0.25) is 5.02 Å². The van der Waals surface area contributed by atoms with Crippen molar-refractivity contribution in [2.24, 2.45) is 0 Å². The van der Waals surface area contributed by atoms with Crippen LogP contribution in [0.4, 0.5) is 5.82 Å². The van der Waals surface area contributed by atoms with Crippen molar-refractivity contribution in [3.8, 4) is 0 Å². The number of aromatic nitrogens is 3. The summed E-state index contributed by atoms with van der Waals surface area (Å²) in [4.78, 5) is 0.257. The van der Waals surface area contributed by atoms with Crippen LogP contribution in [0.3, 0.4) is 0 Å². The molecule has 1 heterocycles. The number of sulfone groups is 1. The van der Waals surface area contributed by atoms with Gasteiger partial charge in [-0.15, -0.1) is 5.10 Å². The number of halogens is 1. The molecule has 1 aromatic carbocycles. The maximum absolute atomic E-state index is 12.3. The van der Waals surface area contributed by atoms with Crippen LogP contribution >= 0.6 is 11.6 Å². The molecule has 2 N–H and O–H groups in total. The van der Waals surface area contributed by atoms with Gasteiger partial charge in [-0.3, -0.25) is 0 Å². The van der Waals surface area contributed by atoms with Crippen molar-refractivity contribution >= 4 is 27.3 Å². The van der Waals surface area contributed by atoms with Gasteiger partial charge in [-0.2, -0.15) is 0 Å². The van der Waals surface area contributed by atoms with Gasteiger partial charge < -0.3 is 5.73 Å². The zero-order valence-corrected chi connectivity index (χ0v) is 12.8. The minimum atomic E-state index is -3.38. The van der Waals surface area contributed by atoms with Crippen LogP contribution in [0.25, 0.3) is 0 Å². The van der Waals surface area contributed by atoms with Crippen molar-refractivity contribution in [1.82, 2.24) is 15.0 Å². The molecule has 0 radical (unpaired) electrons. The van der Waals surface area contributed by atoms with E-state index in [1.54, 1.807) is 16.8 Å². The minimum Gasteiger partial charge on any atom is -0.381 e. The standard InChI is InChI=1S/C13H15ClN4O2S/c14-10-3-5-11(6-4-10)21(19,20)8-7-18-12(9-1-2-9)13(15)16-17-18/h3-6,9H,1-2,7-8,15H2. The van der Waals surface area contributed by atoms with E-state index in [0.29, 0.717) is 16.8 Å². The van der Waals surface area contributed by atoms with Crippen molar-refractivity contribution in [3.63, 3.8) is 0 Å². The second kappa shape index (κ2) is 5.31. The van der Waals surface area contributed by atoms with E-state index in [4.69, 9.17) is 17.3 Å². The van der Waals surface area contributed by atoms with Crippen molar-refractivity contribution in [1.29, 1.82) is 0 Å². The Labute approximate surface area is 127 Å². The number of hydrogen-bond donors (Lipinski definition) is 1. The number of hydrogen-bond acceptors (Lipinski definition) is 5. The van der Waals surface area contributed by atoms with Gasteiger partial charge in [0.05, 0.1) is 22.9 Å². The van der Waals surface area contributed by atoms with E-state index in [2.05, 4.69) is 10.3 Å². The molecule has 0 amide bonds. The average Bonchev–Trinajstić information content (AvgIpc) is 3.21. The Morgan fingerprint density at radius 2 is 1.95 bits per heavy atom. The van der Waals surface area contributed by atoms with Gasteiger partial charge in [0.1, 0.15) is 0 Å². The van der Waals surface area contributed by atoms with Gasteiger partial charge in [-0.1, -0.05) is 16.8 Å². The highest BCUT2D eigenvalue weighted by atomic mass is 35.5. The van der Waals surface area contributed by atoms with Gasteiger partial charge in [-0.05, 0) is 37.1 Å². The number of nitrogen functional groups attached to an aromatic ring is 1. The number of benzene rings is 1. The van der Waals surface area contributed by atoms with E-state index in [0.717, 1.165) is 18.5 Å². The quantitative estimate of drug-likeness (QED) is 0.905. The average molecular weight is 327 g/mol. The van der Waals surface area contributed by atoms with Crippen LogP contribution in [0.15, 0.2) is 29.2 Å². The molecule has 1 aromatic heterocycles. The molecule has 1 saturated carbocycles. The molecule has 112 valence electrons. The van der Waals surface area contributed by atoms with Crippen molar-refractivity contribution in [2.75, 3.05) is 11.5 Å². The van der Waals surface area contributed by atoms with E-state index in [1.807, 2.05) is 0 Å².